The summed E-state index contributed by atoms with van der Waals surface area (Å²) in [5, 5.41) is 3.88. The Hall–Kier alpha value is -1.05. The Morgan fingerprint density at radius 2 is 1.62 bits per heavy atom. The number of piperidine rings is 1. The molecule has 3 nitrogen and oxygen atoms in total. The lowest BCUT2D eigenvalue weighted by Gasteiger charge is -2.42. The van der Waals surface area contributed by atoms with Gasteiger partial charge >= 0.3 is 6.18 Å². The average molecular weight is 472 g/mol. The highest BCUT2D eigenvalue weighted by molar-refractivity contribution is 6.74. The predicted molar refractivity (Wildman–Crippen MR) is 126 cm³/mol. The van der Waals surface area contributed by atoms with E-state index in [0.29, 0.717) is 17.7 Å². The van der Waals surface area contributed by atoms with Crippen molar-refractivity contribution in [1.82, 2.24) is 5.32 Å². The van der Waals surface area contributed by atoms with Gasteiger partial charge in [0.05, 0.1) is 11.7 Å². The van der Waals surface area contributed by atoms with E-state index in [1.54, 1.807) is 0 Å². The lowest BCUT2D eigenvalue weighted by atomic mass is 9.90. The minimum absolute atomic E-state index is 0.0320. The number of rotatable bonds is 7. The molecule has 2 aliphatic rings. The first-order chi connectivity index (χ1) is 14.8. The number of hydrogen-bond acceptors (Lipinski definition) is 3. The van der Waals surface area contributed by atoms with Crippen molar-refractivity contribution in [3.63, 3.8) is 0 Å². The van der Waals surface area contributed by atoms with Crippen LogP contribution < -0.4 is 10.1 Å². The van der Waals surface area contributed by atoms with Crippen LogP contribution in [0.2, 0.25) is 18.1 Å². The van der Waals surface area contributed by atoms with Crippen molar-refractivity contribution in [2.24, 2.45) is 5.92 Å². The molecule has 32 heavy (non-hydrogen) atoms. The summed E-state index contributed by atoms with van der Waals surface area (Å²) < 4.78 is 51.5. The maximum atomic E-state index is 12.9. The molecule has 2 fully saturated rings. The Kier molecular flexibility index (Phi) is 8.04. The smallest absolute Gasteiger partial charge is 0.416 e. The molecule has 3 atom stereocenters. The summed E-state index contributed by atoms with van der Waals surface area (Å²) in [7, 11) is -1.78. The fourth-order valence-electron chi connectivity index (χ4n) is 4.63. The van der Waals surface area contributed by atoms with Gasteiger partial charge in [-0.05, 0) is 80.4 Å². The van der Waals surface area contributed by atoms with Gasteiger partial charge in [0, 0.05) is 12.6 Å². The van der Waals surface area contributed by atoms with Gasteiger partial charge in [0.1, 0.15) is 11.9 Å². The molecule has 1 aliphatic carbocycles. The minimum Gasteiger partial charge on any atom is -0.490 e. The Bertz CT molecular complexity index is 716. The van der Waals surface area contributed by atoms with E-state index in [1.807, 2.05) is 0 Å². The molecule has 0 spiro atoms. The van der Waals surface area contributed by atoms with Gasteiger partial charge in [0.25, 0.3) is 0 Å². The maximum absolute atomic E-state index is 12.9. The van der Waals surface area contributed by atoms with E-state index in [9.17, 15) is 13.2 Å². The molecule has 0 bridgehead atoms. The van der Waals surface area contributed by atoms with Crippen LogP contribution in [0.1, 0.15) is 71.3 Å². The fraction of sp³-hybridized carbons (Fsp3) is 0.760. The molecule has 1 aromatic rings. The quantitative estimate of drug-likeness (QED) is 0.427. The second-order valence-corrected chi connectivity index (χ2v) is 15.9. The van der Waals surface area contributed by atoms with Gasteiger partial charge < -0.3 is 14.5 Å². The second kappa shape index (κ2) is 10.1. The van der Waals surface area contributed by atoms with Crippen LogP contribution in [0, 0.1) is 5.92 Å². The summed E-state index contributed by atoms with van der Waals surface area (Å²) in [6.45, 7) is 12.3. The molecular weight excluding hydrogens is 431 g/mol. The van der Waals surface area contributed by atoms with E-state index in [0.717, 1.165) is 50.8 Å². The Labute approximate surface area is 192 Å². The van der Waals surface area contributed by atoms with E-state index in [-0.39, 0.29) is 17.2 Å². The normalized spacial score (nSPS) is 24.5. The van der Waals surface area contributed by atoms with Crippen LogP contribution in [0.25, 0.3) is 0 Å². The summed E-state index contributed by atoms with van der Waals surface area (Å²) in [6.07, 6.45) is 3.62. The number of nitrogens with one attached hydrogen (secondary N) is 1. The first kappa shape index (κ1) is 25.6. The van der Waals surface area contributed by atoms with Gasteiger partial charge in [-0.15, -0.1) is 0 Å². The minimum atomic E-state index is -4.32. The van der Waals surface area contributed by atoms with Crippen LogP contribution in [0.4, 0.5) is 13.2 Å². The monoisotopic (exact) mass is 471 g/mol. The molecule has 1 saturated carbocycles. The van der Waals surface area contributed by atoms with Crippen molar-refractivity contribution < 1.29 is 22.3 Å². The molecule has 7 heteroatoms. The van der Waals surface area contributed by atoms with E-state index in [2.05, 4.69) is 39.2 Å². The number of benzene rings is 1. The highest BCUT2D eigenvalue weighted by Gasteiger charge is 2.40. The zero-order valence-electron chi connectivity index (χ0n) is 20.2. The zero-order valence-corrected chi connectivity index (χ0v) is 21.2. The van der Waals surface area contributed by atoms with Crippen LogP contribution in [0.3, 0.4) is 0 Å². The number of halogens is 3. The standard InChI is InChI=1S/C25H40F3NO2Si/c1-24(2,3)32(4,5)31-22-15-12-20(29-17-22)16-23(18-8-6-7-9-18)30-21-13-10-19(11-14-21)25(26,27)28/h10-11,13-14,18,20,22-23,29H,6-9,12,15-17H2,1-5H3. The lowest BCUT2D eigenvalue weighted by molar-refractivity contribution is -0.137. The summed E-state index contributed by atoms with van der Waals surface area (Å²) in [4.78, 5) is 0. The fourth-order valence-corrected chi connectivity index (χ4v) is 6.02. The third-order valence-electron chi connectivity index (χ3n) is 7.65. The third kappa shape index (κ3) is 6.73. The number of ether oxygens (including phenoxy) is 1. The van der Waals surface area contributed by atoms with Crippen molar-refractivity contribution in [3.05, 3.63) is 29.8 Å². The molecule has 1 saturated heterocycles. The Morgan fingerprint density at radius 3 is 2.12 bits per heavy atom. The van der Waals surface area contributed by atoms with Crippen LogP contribution in [-0.4, -0.2) is 33.1 Å². The molecule has 1 N–H and O–H groups in total. The topological polar surface area (TPSA) is 30.5 Å². The van der Waals surface area contributed by atoms with Gasteiger partial charge in [-0.2, -0.15) is 13.2 Å². The van der Waals surface area contributed by atoms with E-state index in [4.69, 9.17) is 9.16 Å². The molecule has 182 valence electrons. The molecule has 3 rings (SSSR count). The van der Waals surface area contributed by atoms with Crippen LogP contribution in [-0.2, 0) is 10.6 Å². The lowest BCUT2D eigenvalue weighted by Crippen LogP contribution is -2.51. The summed E-state index contributed by atoms with van der Waals surface area (Å²) in [6, 6.07) is 5.50. The van der Waals surface area contributed by atoms with Gasteiger partial charge in [-0.1, -0.05) is 33.6 Å². The summed E-state index contributed by atoms with van der Waals surface area (Å²) >= 11 is 0. The van der Waals surface area contributed by atoms with E-state index in [1.165, 1.54) is 25.0 Å². The number of alkyl halides is 3. The Balaban J connectivity index is 1.57. The summed E-state index contributed by atoms with van der Waals surface area (Å²) in [5.74, 6) is 1.00. The van der Waals surface area contributed by atoms with Crippen LogP contribution >= 0.6 is 0 Å². The molecule has 0 radical (unpaired) electrons. The second-order valence-electron chi connectivity index (χ2n) is 11.1. The van der Waals surface area contributed by atoms with E-state index < -0.39 is 20.1 Å². The first-order valence-corrected chi connectivity index (χ1v) is 15.0. The predicted octanol–water partition coefficient (Wildman–Crippen LogP) is 7.18. The molecule has 0 amide bonds. The van der Waals surface area contributed by atoms with Crippen molar-refractivity contribution in [1.29, 1.82) is 0 Å². The third-order valence-corrected chi connectivity index (χ3v) is 12.2. The zero-order chi connectivity index (χ0) is 23.6. The molecule has 1 aliphatic heterocycles. The number of hydrogen-bond donors (Lipinski definition) is 1. The molecule has 0 aromatic heterocycles. The van der Waals surface area contributed by atoms with Gasteiger partial charge in [-0.25, -0.2) is 0 Å². The molecular formula is C25H40F3NO2Si. The van der Waals surface area contributed by atoms with Gasteiger partial charge in [-0.3, -0.25) is 0 Å². The highest BCUT2D eigenvalue weighted by atomic mass is 28.4. The van der Waals surface area contributed by atoms with Crippen molar-refractivity contribution in [2.75, 3.05) is 6.54 Å². The molecule has 1 heterocycles. The molecule has 1 aromatic carbocycles. The van der Waals surface area contributed by atoms with Crippen molar-refractivity contribution in [3.8, 4) is 5.75 Å². The van der Waals surface area contributed by atoms with Gasteiger partial charge in [0.2, 0.25) is 0 Å². The SMILES string of the molecule is CC(C)(C)[Si](C)(C)OC1CCC(CC(Oc2ccc(C(F)(F)F)cc2)C2CCCC2)NC1. The molecule has 3 unspecified atom stereocenters. The van der Waals surface area contributed by atoms with Crippen LogP contribution in [0.15, 0.2) is 24.3 Å². The Morgan fingerprint density at radius 1 is 1.00 bits per heavy atom. The first-order valence-electron chi connectivity index (χ1n) is 12.1. The van der Waals surface area contributed by atoms with Crippen LogP contribution in [0.5, 0.6) is 5.75 Å². The highest BCUT2D eigenvalue weighted by Crippen LogP contribution is 2.39. The maximum Gasteiger partial charge on any atom is 0.416 e. The van der Waals surface area contributed by atoms with Crippen molar-refractivity contribution in [2.45, 2.75) is 108 Å². The van der Waals surface area contributed by atoms with Gasteiger partial charge in [0.15, 0.2) is 8.32 Å². The largest absolute Gasteiger partial charge is 0.490 e. The average Bonchev–Trinajstić information content (AvgIpc) is 3.22. The van der Waals surface area contributed by atoms with Crippen molar-refractivity contribution >= 4 is 8.32 Å². The van der Waals surface area contributed by atoms with E-state index >= 15 is 0 Å². The summed E-state index contributed by atoms with van der Waals surface area (Å²) in [5.41, 5.74) is -0.635.